The lowest BCUT2D eigenvalue weighted by atomic mass is 10.2. The van der Waals surface area contributed by atoms with Gasteiger partial charge in [0.05, 0.1) is 18.1 Å². The van der Waals surface area contributed by atoms with E-state index in [1.807, 2.05) is 84.7 Å². The lowest BCUT2D eigenvalue weighted by molar-refractivity contribution is -0.394. The molecule has 0 aromatic heterocycles. The number of oxime groups is 1. The molecule has 0 saturated heterocycles. The van der Waals surface area contributed by atoms with Gasteiger partial charge >= 0.3 is 0 Å². The maximum absolute atomic E-state index is 5.56. The van der Waals surface area contributed by atoms with E-state index < -0.39 is 0 Å². The first-order valence-corrected chi connectivity index (χ1v) is 9.74. The maximum atomic E-state index is 5.56. The topological polar surface area (TPSA) is 61.6 Å². The molecule has 0 fully saturated rings. The molecule has 0 radical (unpaired) electrons. The molecule has 0 aliphatic carbocycles. The molecule has 3 rings (SSSR count). The van der Waals surface area contributed by atoms with Crippen molar-refractivity contribution in [1.29, 1.82) is 0 Å². The molecule has 0 unspecified atom stereocenters. The third kappa shape index (κ3) is 7.66. The molecule has 31 heavy (non-hydrogen) atoms. The van der Waals surface area contributed by atoms with Crippen LogP contribution in [0.2, 0.25) is 0 Å². The Balaban J connectivity index is 1.62. The highest BCUT2D eigenvalue weighted by molar-refractivity contribution is 5.78. The average Bonchev–Trinajstić information content (AvgIpc) is 3.30. The third-order valence-corrected chi connectivity index (χ3v) is 4.13. The van der Waals surface area contributed by atoms with E-state index in [0.29, 0.717) is 17.9 Å². The van der Waals surface area contributed by atoms with Crippen LogP contribution < -0.4 is 4.74 Å². The molecule has 7 nitrogen and oxygen atoms in total. The first-order chi connectivity index (χ1) is 15.2. The number of hydrogen-bond acceptors (Lipinski definition) is 5. The highest BCUT2D eigenvalue weighted by Gasteiger charge is 2.02. The second-order valence-corrected chi connectivity index (χ2v) is 6.58. The molecular weight excluding hydrogens is 390 g/mol. The van der Waals surface area contributed by atoms with Crippen LogP contribution in [0, 0.1) is 0 Å². The number of aliphatic imine (C=N–C) groups is 2. The van der Waals surface area contributed by atoms with Gasteiger partial charge in [-0.1, -0.05) is 28.3 Å². The van der Waals surface area contributed by atoms with E-state index in [2.05, 4.69) is 21.9 Å². The molecule has 0 amide bonds. The fourth-order valence-corrected chi connectivity index (χ4v) is 2.53. The molecule has 0 spiro atoms. The standard InChI is InChI=1S/C24H25N5O2/c1-28(2)23-11-9-21(10-12-23)17-22(26-20-30-24-7-4-3-5-8-24)18-31-27-13-6-15-29-16-14-25-19-29/h3-5,7-17,19-20H,1,6,18H2,2H3/q+2. The molecular formula is C24H25N5O2+2. The molecule has 2 aromatic rings. The van der Waals surface area contributed by atoms with Crippen LogP contribution in [-0.2, 0) is 4.84 Å². The number of nitrogens with zero attached hydrogens (tertiary/aromatic N) is 5. The first-order valence-electron chi connectivity index (χ1n) is 9.74. The van der Waals surface area contributed by atoms with Crippen LogP contribution in [-0.4, -0.2) is 54.7 Å². The largest absolute Gasteiger partial charge is 0.446 e. The number of rotatable bonds is 10. The quantitative estimate of drug-likeness (QED) is 0.254. The zero-order valence-corrected chi connectivity index (χ0v) is 17.4. The number of benzene rings is 2. The summed E-state index contributed by atoms with van der Waals surface area (Å²) in [6.07, 6.45) is 12.9. The Morgan fingerprint density at radius 3 is 2.68 bits per heavy atom. The van der Waals surface area contributed by atoms with Gasteiger partial charge < -0.3 is 9.57 Å². The third-order valence-electron chi connectivity index (χ3n) is 4.13. The highest BCUT2D eigenvalue weighted by atomic mass is 16.6. The Morgan fingerprint density at radius 1 is 1.16 bits per heavy atom. The lowest BCUT2D eigenvalue weighted by Crippen LogP contribution is -2.00. The lowest BCUT2D eigenvalue weighted by Gasteiger charge is -2.03. The van der Waals surface area contributed by atoms with Gasteiger partial charge in [-0.05, 0) is 35.9 Å². The van der Waals surface area contributed by atoms with Crippen molar-refractivity contribution in [3.05, 3.63) is 78.3 Å². The number of hydrogen-bond donors (Lipinski definition) is 0. The zero-order valence-electron chi connectivity index (χ0n) is 17.4. The van der Waals surface area contributed by atoms with E-state index in [-0.39, 0.29) is 6.61 Å². The van der Waals surface area contributed by atoms with E-state index in [9.17, 15) is 0 Å². The minimum absolute atomic E-state index is 0.202. The smallest absolute Gasteiger partial charge is 0.290 e. The summed E-state index contributed by atoms with van der Waals surface area (Å²) >= 11 is 0. The minimum Gasteiger partial charge on any atom is -0.446 e. The van der Waals surface area contributed by atoms with Gasteiger partial charge in [0.2, 0.25) is 5.69 Å². The Kier molecular flexibility index (Phi) is 8.19. The predicted molar refractivity (Wildman–Crippen MR) is 126 cm³/mol. The maximum Gasteiger partial charge on any atom is 0.290 e. The van der Waals surface area contributed by atoms with Crippen molar-refractivity contribution < 1.29 is 18.7 Å². The van der Waals surface area contributed by atoms with Crippen LogP contribution in [0.5, 0.6) is 5.75 Å². The first kappa shape index (κ1) is 21.6. The Morgan fingerprint density at radius 2 is 1.97 bits per heavy atom. The van der Waals surface area contributed by atoms with Gasteiger partial charge in [-0.3, -0.25) is 0 Å². The van der Waals surface area contributed by atoms with Crippen molar-refractivity contribution in [2.24, 2.45) is 15.1 Å². The zero-order chi connectivity index (χ0) is 21.7. The van der Waals surface area contributed by atoms with Gasteiger partial charge in [0.1, 0.15) is 25.7 Å². The van der Waals surface area contributed by atoms with Crippen LogP contribution in [0.25, 0.3) is 6.08 Å². The predicted octanol–water partition coefficient (Wildman–Crippen LogP) is 4.10. The Bertz CT molecular complexity index is 1040. The van der Waals surface area contributed by atoms with Crippen LogP contribution >= 0.6 is 0 Å². The molecule has 156 valence electrons. The van der Waals surface area contributed by atoms with Gasteiger partial charge in [0.25, 0.3) is 6.34 Å². The van der Waals surface area contributed by atoms with Gasteiger partial charge in [-0.2, -0.15) is 0 Å². The fourth-order valence-electron chi connectivity index (χ4n) is 2.53. The summed E-state index contributed by atoms with van der Waals surface area (Å²) in [5.41, 5.74) is 2.67. The second kappa shape index (κ2) is 11.8. The SMILES string of the molecule is C=[N+](C)c1ccc(C=C(CON=CCC=[N+]2C=CN=C2)N=COc2ccccc2)cc1. The highest BCUT2D eigenvalue weighted by Crippen LogP contribution is 2.15. The monoisotopic (exact) mass is 415 g/mol. The van der Waals surface area contributed by atoms with Gasteiger partial charge in [0, 0.05) is 18.6 Å². The number of ether oxygens (including phenoxy) is 1. The van der Waals surface area contributed by atoms with Crippen molar-refractivity contribution >= 4 is 43.6 Å². The van der Waals surface area contributed by atoms with Crippen molar-refractivity contribution in [2.75, 3.05) is 13.7 Å². The molecule has 1 aliphatic heterocycles. The second-order valence-electron chi connectivity index (χ2n) is 6.58. The Hall–Kier alpha value is -4.13. The summed E-state index contributed by atoms with van der Waals surface area (Å²) in [5, 5.41) is 4.00. The van der Waals surface area contributed by atoms with Crippen molar-refractivity contribution in [3.8, 4) is 5.75 Å². The number of para-hydroxylation sites is 1. The van der Waals surface area contributed by atoms with Crippen molar-refractivity contribution in [2.45, 2.75) is 6.42 Å². The van der Waals surface area contributed by atoms with Crippen molar-refractivity contribution in [3.63, 3.8) is 0 Å². The average molecular weight is 415 g/mol. The van der Waals surface area contributed by atoms with Crippen molar-refractivity contribution in [1.82, 2.24) is 0 Å². The normalized spacial score (nSPS) is 14.7. The van der Waals surface area contributed by atoms with Gasteiger partial charge in [-0.25, -0.2) is 14.1 Å². The molecule has 0 atom stereocenters. The minimum atomic E-state index is 0.202. The summed E-state index contributed by atoms with van der Waals surface area (Å²) in [5.74, 6) is 0.711. The van der Waals surface area contributed by atoms with Gasteiger partial charge in [-0.15, -0.1) is 0 Å². The van der Waals surface area contributed by atoms with Crippen LogP contribution in [0.4, 0.5) is 5.69 Å². The van der Waals surface area contributed by atoms with E-state index in [4.69, 9.17) is 9.57 Å². The molecule has 1 aliphatic rings. The fraction of sp³-hybridized carbons (Fsp3) is 0.125. The van der Waals surface area contributed by atoms with E-state index in [1.54, 1.807) is 23.3 Å². The van der Waals surface area contributed by atoms with Gasteiger partial charge in [0.15, 0.2) is 19.2 Å². The Labute approximate surface area is 182 Å². The molecule has 1 heterocycles. The summed E-state index contributed by atoms with van der Waals surface area (Å²) in [6, 6.07) is 17.4. The summed E-state index contributed by atoms with van der Waals surface area (Å²) in [4.78, 5) is 13.8. The summed E-state index contributed by atoms with van der Waals surface area (Å²) in [6.45, 7) is 4.09. The molecule has 0 saturated carbocycles. The molecule has 0 bridgehead atoms. The van der Waals surface area contributed by atoms with E-state index in [1.165, 1.54) is 6.40 Å². The summed E-state index contributed by atoms with van der Waals surface area (Å²) < 4.78 is 9.22. The van der Waals surface area contributed by atoms with E-state index in [0.717, 1.165) is 11.3 Å². The molecule has 0 N–H and O–H groups in total. The summed E-state index contributed by atoms with van der Waals surface area (Å²) in [7, 11) is 1.90. The van der Waals surface area contributed by atoms with E-state index >= 15 is 0 Å². The molecule has 2 aromatic carbocycles. The molecule has 7 heteroatoms. The van der Waals surface area contributed by atoms with Crippen LogP contribution in [0.3, 0.4) is 0 Å². The van der Waals surface area contributed by atoms with Crippen LogP contribution in [0.15, 0.2) is 87.8 Å². The van der Waals surface area contributed by atoms with Crippen LogP contribution in [0.1, 0.15) is 12.0 Å².